The second kappa shape index (κ2) is 6.66. The van der Waals surface area contributed by atoms with Gasteiger partial charge >= 0.3 is 5.56 Å². The first-order chi connectivity index (χ1) is 11.6. The molecule has 0 saturated heterocycles. The van der Waals surface area contributed by atoms with Crippen LogP contribution in [0, 0.1) is 12.7 Å². The number of aryl methyl sites for hydroxylation is 1. The summed E-state index contributed by atoms with van der Waals surface area (Å²) in [4.78, 5) is 16.2. The minimum absolute atomic E-state index is 0.175. The molecule has 0 atom stereocenters. The zero-order valence-electron chi connectivity index (χ0n) is 13.5. The van der Waals surface area contributed by atoms with Crippen LogP contribution in [0.25, 0.3) is 11.4 Å². The Hall–Kier alpha value is -2.95. The zero-order chi connectivity index (χ0) is 17.1. The summed E-state index contributed by atoms with van der Waals surface area (Å²) in [5, 5.41) is 0. The van der Waals surface area contributed by atoms with Gasteiger partial charge in [-0.1, -0.05) is 24.3 Å². The Morgan fingerprint density at radius 1 is 1.12 bits per heavy atom. The van der Waals surface area contributed by atoms with Crippen molar-refractivity contribution in [2.45, 2.75) is 13.5 Å². The first kappa shape index (κ1) is 15.9. The van der Waals surface area contributed by atoms with Crippen LogP contribution in [0.5, 0.6) is 5.75 Å². The second-order valence-corrected chi connectivity index (χ2v) is 5.50. The first-order valence-electron chi connectivity index (χ1n) is 7.54. The van der Waals surface area contributed by atoms with Crippen LogP contribution in [0.15, 0.2) is 59.5 Å². The average Bonchev–Trinajstić information content (AvgIpc) is 2.59. The van der Waals surface area contributed by atoms with Gasteiger partial charge in [-0.05, 0) is 42.3 Å². The molecule has 0 amide bonds. The quantitative estimate of drug-likeness (QED) is 0.739. The van der Waals surface area contributed by atoms with Crippen molar-refractivity contribution in [1.82, 2.24) is 9.55 Å². The Balaban J connectivity index is 2.13. The molecule has 0 radical (unpaired) electrons. The molecule has 3 aromatic rings. The molecule has 0 unspecified atom stereocenters. The van der Waals surface area contributed by atoms with Gasteiger partial charge in [-0.25, -0.2) is 4.39 Å². The predicted molar refractivity (Wildman–Crippen MR) is 90.7 cm³/mol. The number of halogens is 1. The third kappa shape index (κ3) is 3.20. The van der Waals surface area contributed by atoms with Crippen LogP contribution in [0.4, 0.5) is 4.39 Å². The predicted octanol–water partition coefficient (Wildman–Crippen LogP) is 3.41. The van der Waals surface area contributed by atoms with Gasteiger partial charge in [0.15, 0.2) is 0 Å². The van der Waals surface area contributed by atoms with Crippen molar-refractivity contribution in [3.05, 3.63) is 82.0 Å². The molecule has 0 bridgehead atoms. The highest BCUT2D eigenvalue weighted by molar-refractivity contribution is 5.55. The number of methoxy groups -OCH3 is 1. The van der Waals surface area contributed by atoms with Crippen molar-refractivity contribution in [3.63, 3.8) is 0 Å². The van der Waals surface area contributed by atoms with Crippen LogP contribution in [-0.2, 0) is 6.54 Å². The maximum atomic E-state index is 13.2. The largest absolute Gasteiger partial charge is 0.490 e. The van der Waals surface area contributed by atoms with Gasteiger partial charge in [0.05, 0.1) is 13.3 Å². The fraction of sp³-hybridized carbons (Fsp3) is 0.158. The van der Waals surface area contributed by atoms with Gasteiger partial charge in [0.2, 0.25) is 5.75 Å². The van der Waals surface area contributed by atoms with Gasteiger partial charge in [-0.2, -0.15) is 4.98 Å². The smallest absolute Gasteiger partial charge is 0.315 e. The molecule has 0 aliphatic heterocycles. The minimum atomic E-state index is -0.446. The van der Waals surface area contributed by atoms with E-state index in [1.165, 1.54) is 19.2 Å². The summed E-state index contributed by atoms with van der Waals surface area (Å²) >= 11 is 0. The van der Waals surface area contributed by atoms with E-state index >= 15 is 0 Å². The molecule has 3 rings (SSSR count). The highest BCUT2D eigenvalue weighted by atomic mass is 19.1. The number of benzene rings is 2. The van der Waals surface area contributed by atoms with Crippen molar-refractivity contribution in [3.8, 4) is 17.1 Å². The van der Waals surface area contributed by atoms with Gasteiger partial charge in [-0.3, -0.25) is 4.79 Å². The lowest BCUT2D eigenvalue weighted by Gasteiger charge is -2.15. The first-order valence-corrected chi connectivity index (χ1v) is 7.54. The molecule has 5 heteroatoms. The van der Waals surface area contributed by atoms with E-state index in [2.05, 4.69) is 4.98 Å². The number of hydrogen-bond acceptors (Lipinski definition) is 3. The average molecular weight is 324 g/mol. The Kier molecular flexibility index (Phi) is 4.42. The molecule has 0 aliphatic rings. The molecule has 1 aromatic heterocycles. The third-order valence-electron chi connectivity index (χ3n) is 3.89. The van der Waals surface area contributed by atoms with Crippen molar-refractivity contribution >= 4 is 0 Å². The SMILES string of the molecule is COc1cn(Cc2ccccc2C)c(-c2ccc(F)cc2)nc1=O. The molecule has 0 spiro atoms. The van der Waals surface area contributed by atoms with Crippen LogP contribution >= 0.6 is 0 Å². The molecule has 0 aliphatic carbocycles. The molecule has 4 nitrogen and oxygen atoms in total. The highest BCUT2D eigenvalue weighted by Gasteiger charge is 2.12. The second-order valence-electron chi connectivity index (χ2n) is 5.50. The zero-order valence-corrected chi connectivity index (χ0v) is 13.5. The molecular formula is C19H17FN2O2. The summed E-state index contributed by atoms with van der Waals surface area (Å²) in [5.74, 6) is 0.318. The van der Waals surface area contributed by atoms with Crippen LogP contribution in [-0.4, -0.2) is 16.7 Å². The molecule has 0 N–H and O–H groups in total. The summed E-state index contributed by atoms with van der Waals surface area (Å²) in [6.45, 7) is 2.56. The number of rotatable bonds is 4. The van der Waals surface area contributed by atoms with Gasteiger partial charge in [0, 0.05) is 12.1 Å². The summed E-state index contributed by atoms with van der Waals surface area (Å²) in [6.07, 6.45) is 1.64. The Morgan fingerprint density at radius 2 is 1.83 bits per heavy atom. The minimum Gasteiger partial charge on any atom is -0.490 e. The molecule has 0 fully saturated rings. The van der Waals surface area contributed by atoms with Crippen molar-refractivity contribution in [2.24, 2.45) is 0 Å². The molecule has 1 heterocycles. The highest BCUT2D eigenvalue weighted by Crippen LogP contribution is 2.20. The van der Waals surface area contributed by atoms with E-state index < -0.39 is 5.56 Å². The van der Waals surface area contributed by atoms with E-state index in [0.29, 0.717) is 17.9 Å². The summed E-state index contributed by atoms with van der Waals surface area (Å²) in [6, 6.07) is 13.9. The van der Waals surface area contributed by atoms with Gasteiger partial charge in [0.1, 0.15) is 11.6 Å². The number of ether oxygens (including phenoxy) is 1. The van der Waals surface area contributed by atoms with E-state index in [0.717, 1.165) is 11.1 Å². The van der Waals surface area contributed by atoms with Crippen molar-refractivity contribution in [1.29, 1.82) is 0 Å². The van der Waals surface area contributed by atoms with Gasteiger partial charge in [-0.15, -0.1) is 0 Å². The fourth-order valence-corrected chi connectivity index (χ4v) is 2.53. The number of aromatic nitrogens is 2. The third-order valence-corrected chi connectivity index (χ3v) is 3.89. The maximum Gasteiger partial charge on any atom is 0.315 e. The lowest BCUT2D eigenvalue weighted by Crippen LogP contribution is -2.17. The lowest BCUT2D eigenvalue weighted by atomic mass is 10.1. The topological polar surface area (TPSA) is 44.1 Å². The maximum absolute atomic E-state index is 13.2. The van der Waals surface area contributed by atoms with E-state index in [1.807, 2.05) is 35.8 Å². The molecule has 2 aromatic carbocycles. The summed E-state index contributed by atoms with van der Waals surface area (Å²) < 4.78 is 20.1. The molecule has 24 heavy (non-hydrogen) atoms. The summed E-state index contributed by atoms with van der Waals surface area (Å²) in [5.41, 5.74) is 2.47. The van der Waals surface area contributed by atoms with Crippen molar-refractivity contribution < 1.29 is 9.13 Å². The molecule has 122 valence electrons. The summed E-state index contributed by atoms with van der Waals surface area (Å²) in [7, 11) is 1.44. The van der Waals surface area contributed by atoms with Crippen LogP contribution in [0.2, 0.25) is 0 Å². The van der Waals surface area contributed by atoms with E-state index in [4.69, 9.17) is 4.74 Å². The van der Waals surface area contributed by atoms with E-state index in [-0.39, 0.29) is 11.6 Å². The molecular weight excluding hydrogens is 307 g/mol. The van der Waals surface area contributed by atoms with Gasteiger partial charge in [0.25, 0.3) is 0 Å². The Bertz CT molecular complexity index is 917. The Labute approximate surface area is 139 Å². The van der Waals surface area contributed by atoms with Crippen LogP contribution in [0.3, 0.4) is 0 Å². The standard InChI is InChI=1S/C19H17FN2O2/c1-13-5-3-4-6-15(13)11-22-12-17(24-2)19(23)21-18(22)14-7-9-16(20)10-8-14/h3-10,12H,11H2,1-2H3. The molecule has 0 saturated carbocycles. The van der Waals surface area contributed by atoms with Crippen LogP contribution in [0.1, 0.15) is 11.1 Å². The monoisotopic (exact) mass is 324 g/mol. The fourth-order valence-electron chi connectivity index (χ4n) is 2.53. The van der Waals surface area contributed by atoms with Gasteiger partial charge < -0.3 is 9.30 Å². The van der Waals surface area contributed by atoms with Crippen LogP contribution < -0.4 is 10.3 Å². The lowest BCUT2D eigenvalue weighted by molar-refractivity contribution is 0.402. The van der Waals surface area contributed by atoms with E-state index in [1.54, 1.807) is 18.3 Å². The number of nitrogens with zero attached hydrogens (tertiary/aromatic N) is 2. The van der Waals surface area contributed by atoms with Crippen molar-refractivity contribution in [2.75, 3.05) is 7.11 Å². The van der Waals surface area contributed by atoms with E-state index in [9.17, 15) is 9.18 Å². The Morgan fingerprint density at radius 3 is 2.50 bits per heavy atom. The normalized spacial score (nSPS) is 10.6. The number of hydrogen-bond donors (Lipinski definition) is 0.